The summed E-state index contributed by atoms with van der Waals surface area (Å²) in [6.45, 7) is 2.61. The molecule has 3 nitrogen and oxygen atoms in total. The van der Waals surface area contributed by atoms with Crippen molar-refractivity contribution in [2.45, 2.75) is 18.9 Å². The lowest BCUT2D eigenvalue weighted by Crippen LogP contribution is -2.42. The van der Waals surface area contributed by atoms with Crippen LogP contribution in [0.4, 0.5) is 0 Å². The van der Waals surface area contributed by atoms with Crippen LogP contribution in [0.25, 0.3) is 0 Å². The molecule has 0 bridgehead atoms. The third kappa shape index (κ3) is 4.17. The Kier molecular flexibility index (Phi) is 5.52. The van der Waals surface area contributed by atoms with Crippen LogP contribution < -0.4 is 10.6 Å². The van der Waals surface area contributed by atoms with E-state index in [9.17, 15) is 4.79 Å². The Morgan fingerprint density at radius 2 is 1.43 bits per heavy atom. The Hall–Kier alpha value is -2.13. The summed E-state index contributed by atoms with van der Waals surface area (Å²) < 4.78 is 0. The van der Waals surface area contributed by atoms with E-state index in [1.807, 2.05) is 43.3 Å². The average molecular weight is 282 g/mol. The molecule has 0 saturated heterocycles. The molecule has 0 radical (unpaired) electrons. The molecule has 3 heteroatoms. The van der Waals surface area contributed by atoms with E-state index in [0.29, 0.717) is 0 Å². The van der Waals surface area contributed by atoms with Gasteiger partial charge in [0.15, 0.2) is 0 Å². The summed E-state index contributed by atoms with van der Waals surface area (Å²) >= 11 is 0. The van der Waals surface area contributed by atoms with E-state index in [0.717, 1.165) is 6.54 Å². The van der Waals surface area contributed by atoms with Crippen LogP contribution in [0.2, 0.25) is 0 Å². The Labute approximate surface area is 126 Å². The summed E-state index contributed by atoms with van der Waals surface area (Å²) in [5.74, 6) is 0.245. The molecule has 0 spiro atoms. The molecule has 1 atom stereocenters. The number of hydrogen-bond acceptors (Lipinski definition) is 2. The van der Waals surface area contributed by atoms with Gasteiger partial charge in [-0.15, -0.1) is 0 Å². The largest absolute Gasteiger partial charge is 0.358 e. The number of nitrogens with one attached hydrogen (secondary N) is 2. The van der Waals surface area contributed by atoms with Crippen LogP contribution in [0.1, 0.15) is 24.0 Å². The van der Waals surface area contributed by atoms with Crippen molar-refractivity contribution in [2.24, 2.45) is 0 Å². The molecule has 2 rings (SSSR count). The topological polar surface area (TPSA) is 41.1 Å². The van der Waals surface area contributed by atoms with Gasteiger partial charge in [-0.1, -0.05) is 60.7 Å². The van der Waals surface area contributed by atoms with Gasteiger partial charge in [-0.3, -0.25) is 4.79 Å². The third-order valence-corrected chi connectivity index (χ3v) is 3.67. The van der Waals surface area contributed by atoms with Crippen LogP contribution in [0.5, 0.6) is 0 Å². The lowest BCUT2D eigenvalue weighted by Gasteiger charge is -2.21. The van der Waals surface area contributed by atoms with Gasteiger partial charge < -0.3 is 10.6 Å². The SMILES string of the molecule is CNC(=O)C(C)NCC(c1ccccc1)c1ccccc1. The molecule has 1 amide bonds. The van der Waals surface area contributed by atoms with Gasteiger partial charge in [0, 0.05) is 19.5 Å². The lowest BCUT2D eigenvalue weighted by atomic mass is 9.91. The molecule has 1 unspecified atom stereocenters. The molecule has 21 heavy (non-hydrogen) atoms. The zero-order chi connectivity index (χ0) is 15.1. The van der Waals surface area contributed by atoms with Gasteiger partial charge in [0.05, 0.1) is 6.04 Å². The molecule has 0 aromatic heterocycles. The van der Waals surface area contributed by atoms with E-state index >= 15 is 0 Å². The van der Waals surface area contributed by atoms with Crippen LogP contribution in [-0.4, -0.2) is 25.5 Å². The zero-order valence-electron chi connectivity index (χ0n) is 12.5. The Morgan fingerprint density at radius 1 is 0.952 bits per heavy atom. The van der Waals surface area contributed by atoms with Crippen molar-refractivity contribution in [1.82, 2.24) is 10.6 Å². The van der Waals surface area contributed by atoms with E-state index in [2.05, 4.69) is 34.9 Å². The fourth-order valence-electron chi connectivity index (χ4n) is 2.40. The molecule has 0 aliphatic carbocycles. The first-order chi connectivity index (χ1) is 10.2. The highest BCUT2D eigenvalue weighted by Crippen LogP contribution is 2.23. The fraction of sp³-hybridized carbons (Fsp3) is 0.278. The van der Waals surface area contributed by atoms with E-state index in [-0.39, 0.29) is 17.9 Å². The predicted octanol–water partition coefficient (Wildman–Crippen LogP) is 2.54. The molecular weight excluding hydrogens is 260 g/mol. The molecule has 0 saturated carbocycles. The number of carbonyl (C=O) groups is 1. The maximum atomic E-state index is 11.6. The van der Waals surface area contributed by atoms with Gasteiger partial charge in [0.1, 0.15) is 0 Å². The maximum absolute atomic E-state index is 11.6. The molecule has 2 N–H and O–H groups in total. The first kappa shape index (κ1) is 15.3. The van der Waals surface area contributed by atoms with Crippen molar-refractivity contribution >= 4 is 5.91 Å². The molecular formula is C18H22N2O. The van der Waals surface area contributed by atoms with Crippen molar-refractivity contribution in [3.63, 3.8) is 0 Å². The maximum Gasteiger partial charge on any atom is 0.236 e. The summed E-state index contributed by atoms with van der Waals surface area (Å²) in [5.41, 5.74) is 2.50. The molecule has 110 valence electrons. The minimum Gasteiger partial charge on any atom is -0.358 e. The number of hydrogen-bond donors (Lipinski definition) is 2. The van der Waals surface area contributed by atoms with Crippen molar-refractivity contribution < 1.29 is 4.79 Å². The quantitative estimate of drug-likeness (QED) is 0.855. The first-order valence-electron chi connectivity index (χ1n) is 7.27. The van der Waals surface area contributed by atoms with Crippen molar-refractivity contribution in [1.29, 1.82) is 0 Å². The van der Waals surface area contributed by atoms with Gasteiger partial charge in [-0.05, 0) is 18.1 Å². The van der Waals surface area contributed by atoms with Gasteiger partial charge in [-0.25, -0.2) is 0 Å². The van der Waals surface area contributed by atoms with Gasteiger partial charge in [0.2, 0.25) is 5.91 Å². The summed E-state index contributed by atoms with van der Waals surface area (Å²) in [6.07, 6.45) is 0. The highest BCUT2D eigenvalue weighted by Gasteiger charge is 2.17. The monoisotopic (exact) mass is 282 g/mol. The van der Waals surface area contributed by atoms with E-state index in [1.54, 1.807) is 7.05 Å². The number of amides is 1. The summed E-state index contributed by atoms with van der Waals surface area (Å²) in [6, 6.07) is 20.5. The molecule has 0 aliphatic heterocycles. The van der Waals surface area contributed by atoms with Crippen LogP contribution >= 0.6 is 0 Å². The molecule has 0 fully saturated rings. The van der Waals surface area contributed by atoms with E-state index < -0.39 is 0 Å². The van der Waals surface area contributed by atoms with Crippen LogP contribution in [-0.2, 0) is 4.79 Å². The average Bonchev–Trinajstić information content (AvgIpc) is 2.56. The van der Waals surface area contributed by atoms with Crippen molar-refractivity contribution in [3.05, 3.63) is 71.8 Å². The van der Waals surface area contributed by atoms with Gasteiger partial charge >= 0.3 is 0 Å². The Morgan fingerprint density at radius 3 is 1.86 bits per heavy atom. The molecule has 2 aromatic carbocycles. The first-order valence-corrected chi connectivity index (χ1v) is 7.27. The van der Waals surface area contributed by atoms with Crippen LogP contribution in [0.15, 0.2) is 60.7 Å². The normalized spacial score (nSPS) is 12.1. The number of carbonyl (C=O) groups excluding carboxylic acids is 1. The summed E-state index contributed by atoms with van der Waals surface area (Å²) in [7, 11) is 1.66. The highest BCUT2D eigenvalue weighted by molar-refractivity contribution is 5.80. The van der Waals surface area contributed by atoms with Gasteiger partial charge in [0.25, 0.3) is 0 Å². The van der Waals surface area contributed by atoms with Crippen LogP contribution in [0, 0.1) is 0 Å². The van der Waals surface area contributed by atoms with Crippen molar-refractivity contribution in [3.8, 4) is 0 Å². The third-order valence-electron chi connectivity index (χ3n) is 3.67. The molecule has 0 aliphatic rings. The Balaban J connectivity index is 2.16. The van der Waals surface area contributed by atoms with Crippen molar-refractivity contribution in [2.75, 3.05) is 13.6 Å². The smallest absolute Gasteiger partial charge is 0.236 e. The second-order valence-corrected chi connectivity index (χ2v) is 5.12. The minimum absolute atomic E-state index is 0.00914. The lowest BCUT2D eigenvalue weighted by molar-refractivity contribution is -0.122. The minimum atomic E-state index is -0.204. The summed E-state index contributed by atoms with van der Waals surface area (Å²) in [4.78, 5) is 11.6. The number of likely N-dealkylation sites (N-methyl/N-ethyl adjacent to an activating group) is 1. The fourth-order valence-corrected chi connectivity index (χ4v) is 2.40. The van der Waals surface area contributed by atoms with E-state index in [4.69, 9.17) is 0 Å². The Bertz CT molecular complexity index is 514. The number of rotatable bonds is 6. The molecule has 0 heterocycles. The second kappa shape index (κ2) is 7.60. The van der Waals surface area contributed by atoms with Crippen LogP contribution in [0.3, 0.4) is 0 Å². The predicted molar refractivity (Wildman–Crippen MR) is 86.3 cm³/mol. The van der Waals surface area contributed by atoms with Gasteiger partial charge in [-0.2, -0.15) is 0 Å². The number of benzene rings is 2. The summed E-state index contributed by atoms with van der Waals surface area (Å²) in [5, 5.41) is 5.98. The zero-order valence-corrected chi connectivity index (χ0v) is 12.5. The molecule has 2 aromatic rings. The highest BCUT2D eigenvalue weighted by atomic mass is 16.2. The standard InChI is InChI=1S/C18H22N2O/c1-14(18(21)19-2)20-13-17(15-9-5-3-6-10-15)16-11-7-4-8-12-16/h3-12,14,17,20H,13H2,1-2H3,(H,19,21). The van der Waals surface area contributed by atoms with E-state index in [1.165, 1.54) is 11.1 Å². The second-order valence-electron chi connectivity index (χ2n) is 5.12.